The quantitative estimate of drug-likeness (QED) is 0.192. The Morgan fingerprint density at radius 3 is 2.40 bits per heavy atom. The fourth-order valence-corrected chi connectivity index (χ4v) is 7.64. The maximum Gasteiger partial charge on any atom is 1.00 e. The molecular weight excluding hydrogens is 614 g/mol. The first-order valence-electron chi connectivity index (χ1n) is 12.4. The van der Waals surface area contributed by atoms with Gasteiger partial charge in [-0.2, -0.15) is 8.42 Å². The number of thioether (sulfide) groups is 1. The van der Waals surface area contributed by atoms with E-state index in [2.05, 4.69) is 24.3 Å². The normalized spacial score (nSPS) is 15.0. The summed E-state index contributed by atoms with van der Waals surface area (Å²) in [6.45, 7) is 4.45. The Morgan fingerprint density at radius 2 is 1.68 bits per heavy atom. The van der Waals surface area contributed by atoms with Gasteiger partial charge in [0.1, 0.15) is 0 Å². The van der Waals surface area contributed by atoms with Gasteiger partial charge >= 0.3 is 51.4 Å². The maximum atomic E-state index is 11.2. The van der Waals surface area contributed by atoms with Crippen LogP contribution in [0.5, 0.6) is 0 Å². The Labute approximate surface area is 287 Å². The van der Waals surface area contributed by atoms with Gasteiger partial charge in [0.05, 0.1) is 26.6 Å². The van der Waals surface area contributed by atoms with Crippen LogP contribution in [0, 0.1) is 13.8 Å². The molecule has 0 atom stereocenters. The van der Waals surface area contributed by atoms with Crippen molar-refractivity contribution in [1.82, 2.24) is 0 Å². The minimum atomic E-state index is -4.27. The van der Waals surface area contributed by atoms with E-state index in [-0.39, 0.29) is 63.6 Å². The molecule has 3 aromatic rings. The Balaban J connectivity index is 0.00000441. The summed E-state index contributed by atoms with van der Waals surface area (Å²) < 4.78 is 66.0. The first-order valence-corrected chi connectivity index (χ1v) is 17.2. The van der Waals surface area contributed by atoms with Gasteiger partial charge in [0.15, 0.2) is 0 Å². The molecule has 1 N–H and O–H groups in total. The summed E-state index contributed by atoms with van der Waals surface area (Å²) >= 11 is 3.24. The van der Waals surface area contributed by atoms with E-state index in [1.807, 2.05) is 61.3 Å². The van der Waals surface area contributed by atoms with E-state index in [9.17, 15) is 21.4 Å². The zero-order chi connectivity index (χ0) is 28.2. The predicted molar refractivity (Wildman–Crippen MR) is 161 cm³/mol. The van der Waals surface area contributed by atoms with Gasteiger partial charge in [0.25, 0.3) is 10.1 Å². The molecule has 1 aliphatic rings. The number of aryl methyl sites for hydroxylation is 3. The third-order valence-corrected chi connectivity index (χ3v) is 10.1. The van der Waals surface area contributed by atoms with Gasteiger partial charge in [-0.1, -0.05) is 53.8 Å². The smallest absolute Gasteiger partial charge is 0.748 e. The van der Waals surface area contributed by atoms with Gasteiger partial charge in [-0.15, -0.1) is 11.3 Å². The molecule has 12 heteroatoms. The van der Waals surface area contributed by atoms with Crippen LogP contribution in [-0.4, -0.2) is 44.0 Å². The van der Waals surface area contributed by atoms with Crippen molar-refractivity contribution in [2.75, 3.05) is 23.0 Å². The molecule has 0 amide bonds. The zero-order valence-corrected chi connectivity index (χ0v) is 29.1. The fraction of sp³-hybridized carbons (Fsp3) is 0.286. The Morgan fingerprint density at radius 1 is 0.950 bits per heavy atom. The van der Waals surface area contributed by atoms with Crippen LogP contribution < -0.4 is 56.3 Å². The van der Waals surface area contributed by atoms with Crippen LogP contribution in [-0.2, 0) is 26.7 Å². The molecule has 2 heterocycles. The second kappa shape index (κ2) is 14.6. The summed E-state index contributed by atoms with van der Waals surface area (Å²) in [5.41, 5.74) is 4.30. The topological polar surface area (TPSA) is 115 Å². The summed E-state index contributed by atoms with van der Waals surface area (Å²) in [6, 6.07) is 12.4. The molecule has 0 unspecified atom stereocenters. The summed E-state index contributed by atoms with van der Waals surface area (Å²) in [7, 11) is -8.27. The van der Waals surface area contributed by atoms with Crippen LogP contribution in [0.4, 0.5) is 5.69 Å². The van der Waals surface area contributed by atoms with Gasteiger partial charge in [-0.05, 0) is 80.0 Å². The van der Waals surface area contributed by atoms with Gasteiger partial charge in [-0.25, -0.2) is 8.42 Å². The molecular formula is C28H30KNO6S4. The van der Waals surface area contributed by atoms with Crippen molar-refractivity contribution in [3.8, 4) is 0 Å². The number of allylic oxidation sites excluding steroid dienone is 4. The summed E-state index contributed by atoms with van der Waals surface area (Å²) in [4.78, 5) is 4.17. The second-order valence-corrected chi connectivity index (χ2v) is 14.7. The van der Waals surface area contributed by atoms with Gasteiger partial charge in [0, 0.05) is 26.8 Å². The molecule has 0 aliphatic carbocycles. The average molecular weight is 644 g/mol. The van der Waals surface area contributed by atoms with Crippen molar-refractivity contribution < 1.29 is 77.3 Å². The van der Waals surface area contributed by atoms with Crippen molar-refractivity contribution in [3.05, 3.63) is 87.3 Å². The van der Waals surface area contributed by atoms with E-state index < -0.39 is 26.0 Å². The predicted octanol–water partition coefficient (Wildman–Crippen LogP) is 3.30. The van der Waals surface area contributed by atoms with E-state index in [0.717, 1.165) is 47.3 Å². The van der Waals surface area contributed by atoms with Crippen molar-refractivity contribution in [1.29, 1.82) is 0 Å². The molecule has 0 radical (unpaired) electrons. The largest absolute Gasteiger partial charge is 1.00 e. The molecule has 0 bridgehead atoms. The number of benzene rings is 2. The van der Waals surface area contributed by atoms with Crippen molar-refractivity contribution in [2.24, 2.45) is 0 Å². The maximum absolute atomic E-state index is 11.2. The molecule has 0 spiro atoms. The average Bonchev–Trinajstić information content (AvgIpc) is 3.34. The Kier molecular flexibility index (Phi) is 12.3. The Bertz CT molecular complexity index is 1670. The number of thiophene rings is 1. The molecule has 208 valence electrons. The molecule has 2 aromatic carbocycles. The standard InChI is InChI=1S/C28H31NO6S4.K/c1-20-11-13-26-23(18-20)22(8-6-16-38(30,31)32)25(36-26)9-4-3-5-10-28-29(15-7-17-39(33,34)35)24-19-21(2)12-14-27(24)37-28;/h3-5,9-14,18-19H,6-8,15-17H2,1-2H3,(H,30,31,32)(H,33,34,35);/q;+1/p-1/b5-3+,9-4+,28-10-;. The number of nitrogens with zero attached hydrogens (tertiary/aromatic N) is 1. The van der Waals surface area contributed by atoms with Crippen LogP contribution in [0.1, 0.15) is 34.4 Å². The van der Waals surface area contributed by atoms with E-state index in [1.54, 1.807) is 23.1 Å². The number of rotatable bonds is 11. The SMILES string of the molecule is Cc1ccc2c(c1)N(CCCS(=O)(=O)[O-])/C(=C/C=C/C=C/c1sc3ccc(C)cc3c1CCCS(=O)(=O)O)S2.[K+]. The molecule has 1 aromatic heterocycles. The molecule has 0 fully saturated rings. The second-order valence-electron chi connectivity index (χ2n) is 9.42. The minimum absolute atomic E-state index is 0. The number of hydrogen-bond acceptors (Lipinski definition) is 8. The van der Waals surface area contributed by atoms with E-state index in [4.69, 9.17) is 4.55 Å². The first kappa shape index (κ1) is 33.7. The number of fused-ring (bicyclic) bond motifs is 2. The van der Waals surface area contributed by atoms with Crippen molar-refractivity contribution in [3.63, 3.8) is 0 Å². The number of anilines is 1. The summed E-state index contributed by atoms with van der Waals surface area (Å²) in [5.74, 6) is -0.675. The van der Waals surface area contributed by atoms with E-state index >= 15 is 0 Å². The fourth-order valence-electron chi connectivity index (χ4n) is 4.42. The molecule has 4 rings (SSSR count). The van der Waals surface area contributed by atoms with Crippen LogP contribution in [0.2, 0.25) is 0 Å². The first-order chi connectivity index (χ1) is 18.4. The van der Waals surface area contributed by atoms with Gasteiger partial charge in [-0.3, -0.25) is 4.55 Å². The van der Waals surface area contributed by atoms with Crippen LogP contribution in [0.15, 0.2) is 70.6 Å². The van der Waals surface area contributed by atoms with Gasteiger partial charge < -0.3 is 9.45 Å². The van der Waals surface area contributed by atoms with Crippen molar-refractivity contribution in [2.45, 2.75) is 38.0 Å². The molecule has 0 saturated carbocycles. The summed E-state index contributed by atoms with van der Waals surface area (Å²) in [5, 5.41) is 2.05. The number of hydrogen-bond donors (Lipinski definition) is 1. The third-order valence-electron chi connectivity index (χ3n) is 6.18. The Hall–Kier alpha value is -0.774. The molecule has 0 saturated heterocycles. The van der Waals surface area contributed by atoms with Crippen LogP contribution in [0.25, 0.3) is 16.2 Å². The molecule has 40 heavy (non-hydrogen) atoms. The monoisotopic (exact) mass is 643 g/mol. The van der Waals surface area contributed by atoms with Crippen molar-refractivity contribution >= 4 is 65.2 Å². The van der Waals surface area contributed by atoms with E-state index in [1.165, 1.54) is 0 Å². The summed E-state index contributed by atoms with van der Waals surface area (Å²) in [6.07, 6.45) is 10.9. The minimum Gasteiger partial charge on any atom is -0.748 e. The van der Waals surface area contributed by atoms with E-state index in [0.29, 0.717) is 19.4 Å². The van der Waals surface area contributed by atoms with Crippen LogP contribution >= 0.6 is 23.1 Å². The van der Waals surface area contributed by atoms with Crippen LogP contribution in [0.3, 0.4) is 0 Å². The van der Waals surface area contributed by atoms with Gasteiger partial charge in [0.2, 0.25) is 0 Å². The molecule has 7 nitrogen and oxygen atoms in total. The zero-order valence-electron chi connectivity index (χ0n) is 22.7. The molecule has 1 aliphatic heterocycles. The third kappa shape index (κ3) is 9.63.